The fraction of sp³-hybridized carbons (Fsp3) is 0.400. The van der Waals surface area contributed by atoms with Crippen molar-refractivity contribution in [3.63, 3.8) is 0 Å². The average molecular weight is 288 g/mol. The van der Waals surface area contributed by atoms with E-state index in [2.05, 4.69) is 46.1 Å². The lowest BCUT2D eigenvalue weighted by molar-refractivity contribution is 0.667. The van der Waals surface area contributed by atoms with Crippen LogP contribution in [0.3, 0.4) is 0 Å². The maximum Gasteiger partial charge on any atom is 0.116 e. The van der Waals surface area contributed by atoms with Crippen molar-refractivity contribution in [1.82, 2.24) is 9.97 Å². The molecule has 0 spiro atoms. The summed E-state index contributed by atoms with van der Waals surface area (Å²) >= 11 is 2.21. The number of rotatable bonds is 4. The second-order valence-electron chi connectivity index (χ2n) is 3.03. The summed E-state index contributed by atoms with van der Waals surface area (Å²) in [4.78, 5) is 8.30. The van der Waals surface area contributed by atoms with E-state index in [1.807, 2.05) is 12.1 Å². The predicted molar refractivity (Wildman–Crippen MR) is 62.6 cm³/mol. The molecule has 2 nitrogen and oxygen atoms in total. The second-order valence-corrected chi connectivity index (χ2v) is 4.14. The molecule has 1 unspecified atom stereocenters. The predicted octanol–water partition coefficient (Wildman–Crippen LogP) is 3.15. The first-order valence-electron chi connectivity index (χ1n) is 4.32. The van der Waals surface area contributed by atoms with Crippen molar-refractivity contribution in [3.8, 4) is 0 Å². The number of hydrogen-bond donors (Lipinski definition) is 0. The summed E-state index contributed by atoms with van der Waals surface area (Å²) in [7, 11) is 0. The number of aromatic nitrogens is 2. The zero-order valence-corrected chi connectivity index (χ0v) is 9.86. The van der Waals surface area contributed by atoms with Gasteiger partial charge in [-0.15, -0.1) is 6.58 Å². The van der Waals surface area contributed by atoms with Crippen molar-refractivity contribution in [1.29, 1.82) is 0 Å². The molecule has 0 saturated carbocycles. The fourth-order valence-electron chi connectivity index (χ4n) is 1.13. The van der Waals surface area contributed by atoms with Gasteiger partial charge < -0.3 is 0 Å². The molecule has 70 valence electrons. The molecule has 0 fully saturated rings. The Morgan fingerprint density at radius 2 is 2.38 bits per heavy atom. The van der Waals surface area contributed by atoms with E-state index >= 15 is 0 Å². The van der Waals surface area contributed by atoms with Crippen LogP contribution in [0.4, 0.5) is 0 Å². The van der Waals surface area contributed by atoms with Crippen LogP contribution < -0.4 is 0 Å². The molecule has 0 aliphatic carbocycles. The molecule has 0 bridgehead atoms. The minimum atomic E-state index is 0.495. The third-order valence-corrected chi connectivity index (χ3v) is 2.55. The van der Waals surface area contributed by atoms with Crippen LogP contribution >= 0.6 is 22.6 Å². The summed E-state index contributed by atoms with van der Waals surface area (Å²) in [6.07, 6.45) is 5.72. The lowest BCUT2D eigenvalue weighted by Crippen LogP contribution is -1.98. The van der Waals surface area contributed by atoms with Crippen LogP contribution in [0, 0.1) is 3.70 Å². The fourth-order valence-corrected chi connectivity index (χ4v) is 1.58. The lowest BCUT2D eigenvalue weighted by atomic mass is 10.0. The lowest BCUT2D eigenvalue weighted by Gasteiger charge is -2.08. The van der Waals surface area contributed by atoms with Gasteiger partial charge >= 0.3 is 0 Å². The molecule has 3 heteroatoms. The van der Waals surface area contributed by atoms with Crippen LogP contribution in [0.25, 0.3) is 0 Å². The number of hydrogen-bond acceptors (Lipinski definition) is 2. The zero-order chi connectivity index (χ0) is 9.68. The Labute approximate surface area is 92.6 Å². The van der Waals surface area contributed by atoms with Crippen LogP contribution in [0.15, 0.2) is 25.0 Å². The summed E-state index contributed by atoms with van der Waals surface area (Å²) in [5, 5.41) is 0. The Hall–Kier alpha value is -0.450. The van der Waals surface area contributed by atoms with Crippen LogP contribution in [-0.4, -0.2) is 9.97 Å². The van der Waals surface area contributed by atoms with Gasteiger partial charge in [-0.25, -0.2) is 9.97 Å². The first-order chi connectivity index (χ1) is 6.24. The maximum atomic E-state index is 4.24. The first-order valence-corrected chi connectivity index (χ1v) is 5.40. The Kier molecular flexibility index (Phi) is 4.35. The Morgan fingerprint density at radius 3 is 3.00 bits per heavy atom. The molecule has 1 rings (SSSR count). The van der Waals surface area contributed by atoms with Crippen LogP contribution in [0.5, 0.6) is 0 Å². The molecule has 0 aromatic carbocycles. The summed E-state index contributed by atoms with van der Waals surface area (Å²) in [6, 6.07) is 2.04. The molecule has 1 aromatic heterocycles. The van der Waals surface area contributed by atoms with E-state index in [0.717, 1.165) is 22.2 Å². The standard InChI is InChI=1S/C10H13IN2/c1-3-4-5-8(2)9-6-10(11)13-7-12-9/h3,6-8H,1,4-5H2,2H3. The van der Waals surface area contributed by atoms with Gasteiger partial charge in [0.1, 0.15) is 10.0 Å². The molecule has 1 aromatic rings. The zero-order valence-electron chi connectivity index (χ0n) is 7.70. The highest BCUT2D eigenvalue weighted by molar-refractivity contribution is 14.1. The minimum Gasteiger partial charge on any atom is -0.241 e. The molecular weight excluding hydrogens is 275 g/mol. The Bertz CT molecular complexity index is 286. The molecule has 13 heavy (non-hydrogen) atoms. The topological polar surface area (TPSA) is 25.8 Å². The molecule has 0 aliphatic heterocycles. The molecular formula is C10H13IN2. The van der Waals surface area contributed by atoms with E-state index in [1.165, 1.54) is 0 Å². The van der Waals surface area contributed by atoms with Gasteiger partial charge in [0.05, 0.1) is 0 Å². The number of nitrogens with zero attached hydrogens (tertiary/aromatic N) is 2. The molecule has 0 amide bonds. The van der Waals surface area contributed by atoms with E-state index in [1.54, 1.807) is 6.33 Å². The van der Waals surface area contributed by atoms with E-state index in [9.17, 15) is 0 Å². The molecule has 0 saturated heterocycles. The number of halogens is 1. The van der Waals surface area contributed by atoms with Crippen molar-refractivity contribution >= 4 is 22.6 Å². The van der Waals surface area contributed by atoms with E-state index in [4.69, 9.17) is 0 Å². The number of allylic oxidation sites excluding steroid dienone is 1. The first kappa shape index (κ1) is 10.6. The second kappa shape index (κ2) is 5.32. The van der Waals surface area contributed by atoms with Gasteiger partial charge in [-0.1, -0.05) is 13.0 Å². The summed E-state index contributed by atoms with van der Waals surface area (Å²) in [5.74, 6) is 0.495. The van der Waals surface area contributed by atoms with Gasteiger partial charge in [0.2, 0.25) is 0 Å². The SMILES string of the molecule is C=CCCC(C)c1cc(I)ncn1. The van der Waals surface area contributed by atoms with E-state index in [-0.39, 0.29) is 0 Å². The third-order valence-electron chi connectivity index (χ3n) is 1.96. The molecule has 1 heterocycles. The largest absolute Gasteiger partial charge is 0.241 e. The van der Waals surface area contributed by atoms with Crippen molar-refractivity contribution < 1.29 is 0 Å². The third kappa shape index (κ3) is 3.42. The van der Waals surface area contributed by atoms with E-state index in [0.29, 0.717) is 5.92 Å². The normalized spacial score (nSPS) is 12.5. The van der Waals surface area contributed by atoms with Crippen molar-refractivity contribution in [2.45, 2.75) is 25.7 Å². The highest BCUT2D eigenvalue weighted by atomic mass is 127. The molecule has 0 N–H and O–H groups in total. The van der Waals surface area contributed by atoms with Gasteiger partial charge in [0, 0.05) is 5.69 Å². The average Bonchev–Trinajstić information content (AvgIpc) is 2.14. The van der Waals surface area contributed by atoms with Gasteiger partial charge in [0.25, 0.3) is 0 Å². The Morgan fingerprint density at radius 1 is 1.62 bits per heavy atom. The Balaban J connectivity index is 2.65. The van der Waals surface area contributed by atoms with Crippen molar-refractivity contribution in [2.24, 2.45) is 0 Å². The molecule has 0 radical (unpaired) electrons. The molecule has 1 atom stereocenters. The smallest absolute Gasteiger partial charge is 0.116 e. The van der Waals surface area contributed by atoms with Gasteiger partial charge in [-0.2, -0.15) is 0 Å². The van der Waals surface area contributed by atoms with Gasteiger partial charge in [-0.3, -0.25) is 0 Å². The highest BCUT2D eigenvalue weighted by Crippen LogP contribution is 2.18. The van der Waals surface area contributed by atoms with Crippen molar-refractivity contribution in [2.75, 3.05) is 0 Å². The van der Waals surface area contributed by atoms with Crippen LogP contribution in [0.2, 0.25) is 0 Å². The summed E-state index contributed by atoms with van der Waals surface area (Å²) in [5.41, 5.74) is 1.13. The summed E-state index contributed by atoms with van der Waals surface area (Å²) in [6.45, 7) is 5.89. The monoisotopic (exact) mass is 288 g/mol. The van der Waals surface area contributed by atoms with Crippen LogP contribution in [-0.2, 0) is 0 Å². The van der Waals surface area contributed by atoms with Crippen molar-refractivity contribution in [3.05, 3.63) is 34.4 Å². The van der Waals surface area contributed by atoms with E-state index < -0.39 is 0 Å². The molecule has 0 aliphatic rings. The summed E-state index contributed by atoms with van der Waals surface area (Å²) < 4.78 is 1.01. The highest BCUT2D eigenvalue weighted by Gasteiger charge is 2.06. The van der Waals surface area contributed by atoms with Crippen LogP contribution in [0.1, 0.15) is 31.4 Å². The quantitative estimate of drug-likeness (QED) is 0.483. The van der Waals surface area contributed by atoms with Gasteiger partial charge in [0.15, 0.2) is 0 Å². The maximum absolute atomic E-state index is 4.24. The van der Waals surface area contributed by atoms with Gasteiger partial charge in [-0.05, 0) is 47.4 Å². The minimum absolute atomic E-state index is 0.495.